The summed E-state index contributed by atoms with van der Waals surface area (Å²) in [4.78, 5) is 12.9. The van der Waals surface area contributed by atoms with Crippen molar-refractivity contribution in [2.45, 2.75) is 39.8 Å². The Kier molecular flexibility index (Phi) is 5.35. The first-order valence-electron chi connectivity index (χ1n) is 10.7. The standard InChI is InChI=1S/C26H24ClN3O2/c1-16-3-5-18(6-4-16)13-28-26(31)25-17(2)23-22(32-25)12-9-20-15-30(29-24(20)23)14-19-7-10-21(27)11-8-19/h3-8,10-11,15H,9,12-14H2,1-2H3,(H,28,31). The molecule has 5 rings (SSSR count). The minimum atomic E-state index is -0.195. The van der Waals surface area contributed by atoms with Crippen LogP contribution in [-0.2, 0) is 25.9 Å². The quantitative estimate of drug-likeness (QED) is 0.442. The van der Waals surface area contributed by atoms with Crippen LogP contribution in [0.15, 0.2) is 59.1 Å². The molecular weight excluding hydrogens is 422 g/mol. The van der Waals surface area contributed by atoms with Crippen molar-refractivity contribution in [3.8, 4) is 11.3 Å². The molecule has 1 amide bonds. The molecule has 0 saturated heterocycles. The molecule has 1 aliphatic carbocycles. The molecule has 6 heteroatoms. The molecule has 4 aromatic rings. The van der Waals surface area contributed by atoms with Crippen LogP contribution in [0.1, 0.15) is 44.1 Å². The molecule has 0 fully saturated rings. The van der Waals surface area contributed by atoms with Crippen LogP contribution in [0.25, 0.3) is 11.3 Å². The van der Waals surface area contributed by atoms with Gasteiger partial charge >= 0.3 is 0 Å². The fraction of sp³-hybridized carbons (Fsp3) is 0.231. The molecule has 1 aliphatic rings. The van der Waals surface area contributed by atoms with E-state index in [1.165, 1.54) is 11.1 Å². The number of hydrogen-bond acceptors (Lipinski definition) is 3. The average molecular weight is 446 g/mol. The summed E-state index contributed by atoms with van der Waals surface area (Å²) in [7, 11) is 0. The Morgan fingerprint density at radius 1 is 1.06 bits per heavy atom. The van der Waals surface area contributed by atoms with Gasteiger partial charge in [-0.3, -0.25) is 9.48 Å². The Labute approximate surface area is 192 Å². The minimum absolute atomic E-state index is 0.195. The van der Waals surface area contributed by atoms with E-state index in [9.17, 15) is 4.79 Å². The number of fused-ring (bicyclic) bond motifs is 3. The number of carbonyl (C=O) groups excluding carboxylic acids is 1. The Bertz CT molecular complexity index is 1280. The average Bonchev–Trinajstić information content (AvgIpc) is 3.35. The highest BCUT2D eigenvalue weighted by Gasteiger charge is 2.29. The van der Waals surface area contributed by atoms with Crippen molar-refractivity contribution in [3.05, 3.63) is 99.1 Å². The lowest BCUT2D eigenvalue weighted by Crippen LogP contribution is -2.23. The maximum absolute atomic E-state index is 12.9. The Balaban J connectivity index is 1.37. The first-order valence-corrected chi connectivity index (χ1v) is 11.1. The van der Waals surface area contributed by atoms with E-state index in [0.29, 0.717) is 18.8 Å². The molecule has 2 heterocycles. The van der Waals surface area contributed by atoms with Gasteiger partial charge in [0.1, 0.15) is 5.76 Å². The van der Waals surface area contributed by atoms with Crippen molar-refractivity contribution in [2.24, 2.45) is 0 Å². The number of nitrogens with one attached hydrogen (secondary N) is 1. The van der Waals surface area contributed by atoms with Gasteiger partial charge in [0.25, 0.3) is 5.91 Å². The van der Waals surface area contributed by atoms with Gasteiger partial charge < -0.3 is 9.73 Å². The van der Waals surface area contributed by atoms with Crippen molar-refractivity contribution in [1.29, 1.82) is 0 Å². The Morgan fingerprint density at radius 3 is 2.53 bits per heavy atom. The van der Waals surface area contributed by atoms with Gasteiger partial charge in [-0.05, 0) is 49.1 Å². The van der Waals surface area contributed by atoms with Crippen LogP contribution < -0.4 is 5.32 Å². The monoisotopic (exact) mass is 445 g/mol. The normalized spacial score (nSPS) is 12.3. The number of nitrogens with zero attached hydrogens (tertiary/aromatic N) is 2. The number of amides is 1. The van der Waals surface area contributed by atoms with Crippen molar-refractivity contribution < 1.29 is 9.21 Å². The number of hydrogen-bond donors (Lipinski definition) is 1. The fourth-order valence-electron chi connectivity index (χ4n) is 4.21. The summed E-state index contributed by atoms with van der Waals surface area (Å²) < 4.78 is 7.98. The van der Waals surface area contributed by atoms with Crippen LogP contribution in [0.5, 0.6) is 0 Å². The number of halogens is 1. The summed E-state index contributed by atoms with van der Waals surface area (Å²) in [5, 5.41) is 8.54. The van der Waals surface area contributed by atoms with Crippen LogP contribution in [0.4, 0.5) is 0 Å². The van der Waals surface area contributed by atoms with Gasteiger partial charge in [0.05, 0.1) is 12.2 Å². The number of aryl methyl sites for hydroxylation is 3. The van der Waals surface area contributed by atoms with E-state index in [2.05, 4.69) is 11.5 Å². The molecular formula is C26H24ClN3O2. The highest BCUT2D eigenvalue weighted by molar-refractivity contribution is 6.30. The van der Waals surface area contributed by atoms with Crippen molar-refractivity contribution in [1.82, 2.24) is 15.1 Å². The number of carbonyl (C=O) groups is 1. The molecule has 0 spiro atoms. The van der Waals surface area contributed by atoms with Gasteiger partial charge in [-0.2, -0.15) is 5.10 Å². The molecule has 0 unspecified atom stereocenters. The molecule has 2 aromatic carbocycles. The second-order valence-electron chi connectivity index (χ2n) is 8.35. The molecule has 32 heavy (non-hydrogen) atoms. The Morgan fingerprint density at radius 2 is 1.78 bits per heavy atom. The van der Waals surface area contributed by atoms with E-state index < -0.39 is 0 Å². The lowest BCUT2D eigenvalue weighted by atomic mass is 9.93. The fourth-order valence-corrected chi connectivity index (χ4v) is 4.33. The zero-order valence-electron chi connectivity index (χ0n) is 18.1. The van der Waals surface area contributed by atoms with Gasteiger partial charge in [0, 0.05) is 35.3 Å². The van der Waals surface area contributed by atoms with E-state index in [1.807, 2.05) is 67.1 Å². The lowest BCUT2D eigenvalue weighted by Gasteiger charge is -2.09. The topological polar surface area (TPSA) is 60.1 Å². The number of rotatable bonds is 5. The van der Waals surface area contributed by atoms with E-state index >= 15 is 0 Å². The number of benzene rings is 2. The first-order chi connectivity index (χ1) is 15.5. The zero-order chi connectivity index (χ0) is 22.2. The van der Waals surface area contributed by atoms with Crippen LogP contribution in [-0.4, -0.2) is 15.7 Å². The second kappa shape index (κ2) is 8.32. The van der Waals surface area contributed by atoms with Gasteiger partial charge in [-0.15, -0.1) is 0 Å². The molecule has 0 atom stereocenters. The third-order valence-corrected chi connectivity index (χ3v) is 6.21. The van der Waals surface area contributed by atoms with Crippen molar-refractivity contribution in [3.63, 3.8) is 0 Å². The largest absolute Gasteiger partial charge is 0.455 e. The Hall–Kier alpha value is -3.31. The zero-order valence-corrected chi connectivity index (χ0v) is 18.9. The first kappa shape index (κ1) is 20.6. The van der Waals surface area contributed by atoms with Gasteiger partial charge in [0.15, 0.2) is 5.76 Å². The summed E-state index contributed by atoms with van der Waals surface area (Å²) in [5.74, 6) is 1.02. The summed E-state index contributed by atoms with van der Waals surface area (Å²) in [6, 6.07) is 15.9. The van der Waals surface area contributed by atoms with Gasteiger partial charge in [0.2, 0.25) is 0 Å². The van der Waals surface area contributed by atoms with Crippen LogP contribution in [0.3, 0.4) is 0 Å². The molecule has 0 radical (unpaired) electrons. The molecule has 0 aliphatic heterocycles. The molecule has 2 aromatic heterocycles. The smallest absolute Gasteiger partial charge is 0.287 e. The third kappa shape index (κ3) is 3.96. The van der Waals surface area contributed by atoms with Crippen LogP contribution in [0.2, 0.25) is 5.02 Å². The summed E-state index contributed by atoms with van der Waals surface area (Å²) in [5.41, 5.74) is 7.29. The molecule has 0 saturated carbocycles. The van der Waals surface area contributed by atoms with Crippen LogP contribution in [0, 0.1) is 13.8 Å². The predicted molar refractivity (Wildman–Crippen MR) is 125 cm³/mol. The van der Waals surface area contributed by atoms with E-state index in [4.69, 9.17) is 21.1 Å². The summed E-state index contributed by atoms with van der Waals surface area (Å²) in [6.45, 7) is 5.12. The van der Waals surface area contributed by atoms with E-state index in [0.717, 1.165) is 51.6 Å². The maximum Gasteiger partial charge on any atom is 0.287 e. The highest BCUT2D eigenvalue weighted by Crippen LogP contribution is 2.38. The lowest BCUT2D eigenvalue weighted by molar-refractivity contribution is 0.0920. The minimum Gasteiger partial charge on any atom is -0.455 e. The highest BCUT2D eigenvalue weighted by atomic mass is 35.5. The second-order valence-corrected chi connectivity index (χ2v) is 8.79. The molecule has 5 nitrogen and oxygen atoms in total. The van der Waals surface area contributed by atoms with Crippen molar-refractivity contribution >= 4 is 17.5 Å². The number of furan rings is 1. The SMILES string of the molecule is Cc1ccc(CNC(=O)c2oc3c(c2C)-c2nn(Cc4ccc(Cl)cc4)cc2CC3)cc1. The predicted octanol–water partition coefficient (Wildman–Crippen LogP) is 5.49. The van der Waals surface area contributed by atoms with E-state index in [1.54, 1.807) is 0 Å². The van der Waals surface area contributed by atoms with Crippen molar-refractivity contribution in [2.75, 3.05) is 0 Å². The van der Waals surface area contributed by atoms with E-state index in [-0.39, 0.29) is 5.91 Å². The summed E-state index contributed by atoms with van der Waals surface area (Å²) >= 11 is 6.00. The van der Waals surface area contributed by atoms with Gasteiger partial charge in [-0.1, -0.05) is 53.6 Å². The molecule has 1 N–H and O–H groups in total. The third-order valence-electron chi connectivity index (χ3n) is 5.95. The van der Waals surface area contributed by atoms with Gasteiger partial charge in [-0.25, -0.2) is 0 Å². The van der Waals surface area contributed by atoms with Crippen LogP contribution >= 0.6 is 11.6 Å². The maximum atomic E-state index is 12.9. The molecule has 162 valence electrons. The number of aromatic nitrogens is 2. The summed E-state index contributed by atoms with van der Waals surface area (Å²) in [6.07, 6.45) is 3.71. The molecule has 0 bridgehead atoms.